The van der Waals surface area contributed by atoms with Gasteiger partial charge in [0, 0.05) is 32.9 Å². The number of fused-ring (bicyclic) bond motifs is 9. The van der Waals surface area contributed by atoms with Gasteiger partial charge in [-0.3, -0.25) is 0 Å². The van der Waals surface area contributed by atoms with Crippen LogP contribution in [0.3, 0.4) is 0 Å². The molecular formula is C51H40N2. The molecule has 0 radical (unpaired) electrons. The molecule has 3 aliphatic rings. The maximum Gasteiger partial charge on any atom is 0.0541 e. The fraction of sp³-hybridized carbons (Fsp3) is 0.137. The molecule has 2 heteroatoms. The maximum atomic E-state index is 2.49. The highest BCUT2D eigenvalue weighted by molar-refractivity contribution is 6.12. The molecule has 2 heterocycles. The fourth-order valence-corrected chi connectivity index (χ4v) is 9.76. The van der Waals surface area contributed by atoms with E-state index >= 15 is 0 Å². The van der Waals surface area contributed by atoms with E-state index in [0.717, 1.165) is 19.3 Å². The van der Waals surface area contributed by atoms with Crippen molar-refractivity contribution in [1.82, 2.24) is 9.13 Å². The second kappa shape index (κ2) is 11.4. The third-order valence-corrected chi connectivity index (χ3v) is 12.5. The van der Waals surface area contributed by atoms with Crippen LogP contribution in [0.15, 0.2) is 164 Å². The summed E-state index contributed by atoms with van der Waals surface area (Å²) in [4.78, 5) is 0. The van der Waals surface area contributed by atoms with Gasteiger partial charge in [-0.25, -0.2) is 0 Å². The van der Waals surface area contributed by atoms with Gasteiger partial charge in [0.15, 0.2) is 0 Å². The van der Waals surface area contributed by atoms with E-state index in [1.54, 1.807) is 0 Å². The van der Waals surface area contributed by atoms with Crippen molar-refractivity contribution in [2.75, 3.05) is 0 Å². The van der Waals surface area contributed by atoms with E-state index in [4.69, 9.17) is 0 Å². The monoisotopic (exact) mass is 680 g/mol. The number of hydrogen-bond donors (Lipinski definition) is 0. The predicted molar refractivity (Wildman–Crippen MR) is 225 cm³/mol. The number of para-hydroxylation sites is 3. The average molecular weight is 681 g/mol. The summed E-state index contributed by atoms with van der Waals surface area (Å²) in [7, 11) is 0. The Morgan fingerprint density at radius 3 is 1.92 bits per heavy atom. The molecule has 254 valence electrons. The summed E-state index contributed by atoms with van der Waals surface area (Å²) in [5, 5.41) is 5.23. The first-order valence-corrected chi connectivity index (χ1v) is 19.1. The standard InChI is InChI=1S/C51H40N2/c1-51(2)45-31-35(33-23-27-49-43(29-33)41-17-9-11-19-47(41)52(49)37-13-5-3-6-14-37)21-25-39(45)40-26-22-36(32-46(40)51)34-24-28-50-44(30-34)42-18-10-12-20-48(42)53(50)38-15-7-4-8-16-38/h3,5-7,9-30,32,45H,4,8,31H2,1-2H3. The highest BCUT2D eigenvalue weighted by Crippen LogP contribution is 2.55. The number of hydrogen-bond acceptors (Lipinski definition) is 0. The van der Waals surface area contributed by atoms with Crippen LogP contribution in [-0.2, 0) is 5.41 Å². The second-order valence-corrected chi connectivity index (χ2v) is 15.7. The minimum Gasteiger partial charge on any atom is -0.310 e. The molecule has 1 unspecified atom stereocenters. The first-order valence-electron chi connectivity index (χ1n) is 19.1. The van der Waals surface area contributed by atoms with Crippen LogP contribution in [-0.4, -0.2) is 9.13 Å². The summed E-state index contributed by atoms with van der Waals surface area (Å²) in [6, 6.07) is 49.8. The first kappa shape index (κ1) is 30.5. The molecule has 2 aromatic heterocycles. The zero-order valence-electron chi connectivity index (χ0n) is 30.2. The zero-order valence-corrected chi connectivity index (χ0v) is 30.2. The quantitative estimate of drug-likeness (QED) is 0.175. The largest absolute Gasteiger partial charge is 0.310 e. The van der Waals surface area contributed by atoms with Crippen LogP contribution in [0.4, 0.5) is 0 Å². The Bertz CT molecular complexity index is 2940. The van der Waals surface area contributed by atoms with Crippen molar-refractivity contribution in [3.8, 4) is 16.8 Å². The Morgan fingerprint density at radius 2 is 1.17 bits per heavy atom. The van der Waals surface area contributed by atoms with Crippen LogP contribution in [0.5, 0.6) is 0 Å². The van der Waals surface area contributed by atoms with Crippen molar-refractivity contribution in [3.63, 3.8) is 0 Å². The third kappa shape index (κ3) is 4.51. The van der Waals surface area contributed by atoms with E-state index in [2.05, 4.69) is 187 Å². The molecule has 0 spiro atoms. The summed E-state index contributed by atoms with van der Waals surface area (Å²) >= 11 is 0. The Morgan fingerprint density at radius 1 is 0.547 bits per heavy atom. The van der Waals surface area contributed by atoms with E-state index in [1.807, 2.05) is 0 Å². The molecule has 6 aromatic carbocycles. The number of nitrogens with zero attached hydrogens (tertiary/aromatic N) is 2. The van der Waals surface area contributed by atoms with Crippen molar-refractivity contribution in [3.05, 3.63) is 181 Å². The van der Waals surface area contributed by atoms with Gasteiger partial charge in [0.1, 0.15) is 0 Å². The van der Waals surface area contributed by atoms with Gasteiger partial charge in [-0.2, -0.15) is 0 Å². The van der Waals surface area contributed by atoms with Crippen molar-refractivity contribution < 1.29 is 0 Å². The highest BCUT2D eigenvalue weighted by atomic mass is 15.0. The van der Waals surface area contributed by atoms with Crippen LogP contribution >= 0.6 is 0 Å². The number of aromatic nitrogens is 2. The van der Waals surface area contributed by atoms with Gasteiger partial charge in [0.05, 0.1) is 22.1 Å². The Labute approximate surface area is 310 Å². The van der Waals surface area contributed by atoms with Gasteiger partial charge in [-0.15, -0.1) is 0 Å². The van der Waals surface area contributed by atoms with E-state index in [9.17, 15) is 0 Å². The summed E-state index contributed by atoms with van der Waals surface area (Å²) in [5.74, 6) is 0.423. The molecule has 0 saturated carbocycles. The zero-order chi connectivity index (χ0) is 35.3. The topological polar surface area (TPSA) is 9.86 Å². The van der Waals surface area contributed by atoms with Crippen molar-refractivity contribution in [2.45, 2.75) is 38.5 Å². The highest BCUT2D eigenvalue weighted by Gasteiger charge is 2.44. The molecular weight excluding hydrogens is 641 g/mol. The van der Waals surface area contributed by atoms with Gasteiger partial charge >= 0.3 is 0 Å². The lowest BCUT2D eigenvalue weighted by atomic mass is 9.72. The Kier molecular flexibility index (Phi) is 6.58. The second-order valence-electron chi connectivity index (χ2n) is 15.7. The minimum absolute atomic E-state index is 0.00401. The van der Waals surface area contributed by atoms with E-state index in [1.165, 1.54) is 94.0 Å². The predicted octanol–water partition coefficient (Wildman–Crippen LogP) is 13.5. The van der Waals surface area contributed by atoms with E-state index < -0.39 is 0 Å². The van der Waals surface area contributed by atoms with Crippen LogP contribution in [0.2, 0.25) is 0 Å². The molecule has 0 fully saturated rings. The summed E-state index contributed by atoms with van der Waals surface area (Å²) in [6.07, 6.45) is 15.0. The van der Waals surface area contributed by atoms with E-state index in [-0.39, 0.29) is 5.41 Å². The van der Waals surface area contributed by atoms with Crippen LogP contribution in [0, 0.1) is 5.92 Å². The van der Waals surface area contributed by atoms with Crippen molar-refractivity contribution >= 4 is 60.5 Å². The molecule has 0 aliphatic heterocycles. The first-order chi connectivity index (χ1) is 26.0. The molecule has 0 bridgehead atoms. The molecule has 3 aliphatic carbocycles. The summed E-state index contributed by atoms with van der Waals surface area (Å²) < 4.78 is 4.84. The fourth-order valence-electron chi connectivity index (χ4n) is 9.76. The lowest BCUT2D eigenvalue weighted by Gasteiger charge is -2.31. The lowest BCUT2D eigenvalue weighted by molar-refractivity contribution is 0.418. The number of allylic oxidation sites excluding steroid dienone is 8. The van der Waals surface area contributed by atoms with Crippen LogP contribution in [0.1, 0.15) is 49.8 Å². The van der Waals surface area contributed by atoms with Gasteiger partial charge in [-0.05, 0) is 130 Å². The summed E-state index contributed by atoms with van der Waals surface area (Å²) in [6.45, 7) is 4.92. The van der Waals surface area contributed by atoms with Gasteiger partial charge in [-0.1, -0.05) is 117 Å². The van der Waals surface area contributed by atoms with Gasteiger partial charge in [0.25, 0.3) is 0 Å². The Balaban J connectivity index is 0.967. The Hall–Kier alpha value is -6.12. The normalized spacial score (nSPS) is 17.6. The van der Waals surface area contributed by atoms with Gasteiger partial charge in [0.2, 0.25) is 0 Å². The average Bonchev–Trinajstić information content (AvgIpc) is 3.80. The molecule has 11 rings (SSSR count). The van der Waals surface area contributed by atoms with Crippen LogP contribution < -0.4 is 0 Å². The number of benzene rings is 6. The third-order valence-electron chi connectivity index (χ3n) is 12.5. The molecule has 8 aromatic rings. The minimum atomic E-state index is 0.00401. The number of rotatable bonds is 4. The smallest absolute Gasteiger partial charge is 0.0541 e. The van der Waals surface area contributed by atoms with Crippen molar-refractivity contribution in [2.24, 2.45) is 5.92 Å². The SMILES string of the molecule is CC1(C)c2cc(-c3ccc4c(c3)c3ccccc3n4C3=CCCC=C3)ccc2C2=CC=C(c3ccc4c(c3)c3ccccc3n4-c3ccccc3)CC21. The molecule has 0 saturated heterocycles. The maximum absolute atomic E-state index is 2.49. The molecule has 53 heavy (non-hydrogen) atoms. The van der Waals surface area contributed by atoms with E-state index in [0.29, 0.717) is 5.92 Å². The molecule has 1 atom stereocenters. The van der Waals surface area contributed by atoms with Crippen molar-refractivity contribution in [1.29, 1.82) is 0 Å². The summed E-state index contributed by atoms with van der Waals surface area (Å²) in [5.41, 5.74) is 17.2. The lowest BCUT2D eigenvalue weighted by Crippen LogP contribution is -2.25. The molecule has 0 amide bonds. The molecule has 2 nitrogen and oxygen atoms in total. The van der Waals surface area contributed by atoms with Gasteiger partial charge < -0.3 is 9.13 Å². The van der Waals surface area contributed by atoms with Crippen LogP contribution in [0.25, 0.3) is 77.3 Å². The molecule has 0 N–H and O–H groups in total.